The SMILES string of the molecule is C=CCN(CCc1ccccc1)C(=O)CCSCCCSCCCN(C)C(=O)CCSCCCSCCCN(CCN(C)C)C(=O)CCSCCCSCCCN(CCO)C(=O)CCSCCCSCCCN. The molecule has 1 rings (SSSR count). The number of aliphatic hydroxyl groups excluding tert-OH is 1. The lowest BCUT2D eigenvalue weighted by atomic mass is 10.1. The summed E-state index contributed by atoms with van der Waals surface area (Å²) in [5, 5.41) is 9.50. The Kier molecular flexibility index (Phi) is 50.5. The van der Waals surface area contributed by atoms with Gasteiger partial charge in [0.25, 0.3) is 0 Å². The first-order valence-electron chi connectivity index (χ1n) is 26.9. The highest BCUT2D eigenvalue weighted by molar-refractivity contribution is 8.01. The van der Waals surface area contributed by atoms with E-state index in [-0.39, 0.29) is 30.2 Å². The van der Waals surface area contributed by atoms with Gasteiger partial charge >= 0.3 is 0 Å². The van der Waals surface area contributed by atoms with Gasteiger partial charge in [0.1, 0.15) is 0 Å². The molecule has 0 heterocycles. The molecule has 0 spiro atoms. The van der Waals surface area contributed by atoms with E-state index in [4.69, 9.17) is 5.73 Å². The van der Waals surface area contributed by atoms with E-state index in [0.717, 1.165) is 189 Å². The number of thioether (sulfide) groups is 8. The van der Waals surface area contributed by atoms with Crippen LogP contribution in [0.4, 0.5) is 0 Å². The molecule has 11 nitrogen and oxygen atoms in total. The van der Waals surface area contributed by atoms with E-state index in [1.807, 2.05) is 140 Å². The van der Waals surface area contributed by atoms with E-state index in [1.54, 1.807) is 0 Å². The van der Waals surface area contributed by atoms with Gasteiger partial charge in [-0.15, -0.1) is 6.58 Å². The summed E-state index contributed by atoms with van der Waals surface area (Å²) in [7, 11) is 6.06. The number of carbonyl (C=O) groups is 4. The number of likely N-dealkylation sites (N-methyl/N-ethyl adjacent to an activating group) is 1. The van der Waals surface area contributed by atoms with Gasteiger partial charge in [-0.3, -0.25) is 19.2 Å². The molecule has 0 aliphatic carbocycles. The van der Waals surface area contributed by atoms with Gasteiger partial charge in [0.2, 0.25) is 23.6 Å². The Labute approximate surface area is 479 Å². The summed E-state index contributed by atoms with van der Waals surface area (Å²) in [4.78, 5) is 61.3. The highest BCUT2D eigenvalue weighted by Crippen LogP contribution is 2.16. The smallest absolute Gasteiger partial charge is 0.223 e. The van der Waals surface area contributed by atoms with Crippen LogP contribution in [0.15, 0.2) is 43.0 Å². The van der Waals surface area contributed by atoms with Crippen LogP contribution < -0.4 is 5.73 Å². The molecule has 0 aromatic heterocycles. The van der Waals surface area contributed by atoms with Gasteiger partial charge in [-0.1, -0.05) is 36.4 Å². The van der Waals surface area contributed by atoms with Crippen LogP contribution in [0.1, 0.15) is 82.6 Å². The van der Waals surface area contributed by atoms with Crippen molar-refractivity contribution in [3.05, 3.63) is 48.6 Å². The highest BCUT2D eigenvalue weighted by Gasteiger charge is 2.16. The molecule has 422 valence electrons. The molecule has 0 radical (unpaired) electrons. The van der Waals surface area contributed by atoms with Gasteiger partial charge in [0.05, 0.1) is 6.61 Å². The first kappa shape index (κ1) is 70.5. The molecule has 0 unspecified atom stereocenters. The predicted octanol–water partition coefficient (Wildman–Crippen LogP) is 9.42. The van der Waals surface area contributed by atoms with Crippen molar-refractivity contribution in [2.75, 3.05) is 179 Å². The van der Waals surface area contributed by atoms with Crippen molar-refractivity contribution in [3.8, 4) is 0 Å². The van der Waals surface area contributed by atoms with Crippen molar-refractivity contribution in [2.45, 2.75) is 83.5 Å². The average molecular weight is 1170 g/mol. The van der Waals surface area contributed by atoms with E-state index in [2.05, 4.69) is 42.6 Å². The van der Waals surface area contributed by atoms with Crippen LogP contribution >= 0.6 is 94.1 Å². The summed E-state index contributed by atoms with van der Waals surface area (Å²) >= 11 is 15.3. The van der Waals surface area contributed by atoms with Crippen LogP contribution in [-0.4, -0.2) is 232 Å². The summed E-state index contributed by atoms with van der Waals surface area (Å²) in [5.41, 5.74) is 6.80. The molecule has 4 amide bonds. The molecule has 1 aromatic rings. The third-order valence-corrected chi connectivity index (χ3v) is 20.3. The van der Waals surface area contributed by atoms with Gasteiger partial charge < -0.3 is 35.3 Å². The molecule has 0 aliphatic heterocycles. The third kappa shape index (κ3) is 43.1. The van der Waals surface area contributed by atoms with Crippen LogP contribution in [0.5, 0.6) is 0 Å². The fourth-order valence-corrected chi connectivity index (χ4v) is 14.9. The van der Waals surface area contributed by atoms with Crippen molar-refractivity contribution in [1.29, 1.82) is 0 Å². The van der Waals surface area contributed by atoms with Crippen molar-refractivity contribution in [1.82, 2.24) is 24.5 Å². The van der Waals surface area contributed by atoms with Gasteiger partial charge in [-0.2, -0.15) is 94.1 Å². The van der Waals surface area contributed by atoms with E-state index >= 15 is 0 Å². The standard InChI is InChI=1S/C54H98N6O5S8/c1-5-25-58(29-19-50-17-7-6-8-18-50)52(63)21-47-71-44-14-39-67-35-10-26-57(4)51(62)20-46-70-42-15-40-68-36-11-27-59(31-30-56(2)3)53(64)22-48-72-45-16-41-69-37-12-28-60(32-33-61)54(65)23-49-73-43-13-38-66-34-9-24-55/h5-8,17-18,61H,1,9-16,19-49,55H2,2-4H3. The summed E-state index contributed by atoms with van der Waals surface area (Å²) in [6.07, 6.45) is 13.6. The third-order valence-electron chi connectivity index (χ3n) is 11.4. The minimum absolute atomic E-state index is 0.00908. The number of hydrogen-bond donors (Lipinski definition) is 2. The predicted molar refractivity (Wildman–Crippen MR) is 336 cm³/mol. The molecule has 0 fully saturated rings. The first-order chi connectivity index (χ1) is 35.6. The number of rotatable bonds is 53. The molecule has 0 bridgehead atoms. The number of hydrogen-bond acceptors (Lipinski definition) is 15. The fraction of sp³-hybridized carbons (Fsp3) is 0.778. The Morgan fingerprint density at radius 3 is 1.27 bits per heavy atom. The normalized spacial score (nSPS) is 11.3. The second-order valence-electron chi connectivity index (χ2n) is 18.0. The number of nitrogens with two attached hydrogens (primary N) is 1. The maximum atomic E-state index is 13.2. The number of amides is 4. The molecule has 0 aliphatic rings. The van der Waals surface area contributed by atoms with E-state index < -0.39 is 0 Å². The number of carbonyl (C=O) groups excluding carboxylic acids is 4. The summed E-state index contributed by atoms with van der Waals surface area (Å²) < 4.78 is 0. The lowest BCUT2D eigenvalue weighted by Crippen LogP contribution is -2.37. The zero-order valence-corrected chi connectivity index (χ0v) is 51.9. The van der Waals surface area contributed by atoms with Crippen LogP contribution in [0, 0.1) is 0 Å². The van der Waals surface area contributed by atoms with Gasteiger partial charge in [0.15, 0.2) is 0 Å². The van der Waals surface area contributed by atoms with Crippen molar-refractivity contribution < 1.29 is 24.3 Å². The molecule has 3 N–H and O–H groups in total. The lowest BCUT2D eigenvalue weighted by Gasteiger charge is -2.24. The van der Waals surface area contributed by atoms with Crippen molar-refractivity contribution in [3.63, 3.8) is 0 Å². The van der Waals surface area contributed by atoms with E-state index in [0.29, 0.717) is 45.3 Å². The Balaban J connectivity index is 2.04. The molecule has 19 heteroatoms. The molecule has 0 saturated heterocycles. The largest absolute Gasteiger partial charge is 0.395 e. The molecule has 0 saturated carbocycles. The highest BCUT2D eigenvalue weighted by atomic mass is 32.2. The van der Waals surface area contributed by atoms with Crippen molar-refractivity contribution in [2.24, 2.45) is 5.73 Å². The average Bonchev–Trinajstić information content (AvgIpc) is 3.38. The van der Waals surface area contributed by atoms with E-state index in [1.165, 1.54) is 5.56 Å². The fourth-order valence-electron chi connectivity index (χ4n) is 7.15. The van der Waals surface area contributed by atoms with Gasteiger partial charge in [-0.05, 0) is 153 Å². The summed E-state index contributed by atoms with van der Waals surface area (Å²) in [5.74, 6) is 17.3. The molecular formula is C54H98N6O5S8. The molecule has 73 heavy (non-hydrogen) atoms. The van der Waals surface area contributed by atoms with Crippen LogP contribution in [0.2, 0.25) is 0 Å². The number of aliphatic hydroxyl groups is 1. The lowest BCUT2D eigenvalue weighted by molar-refractivity contribution is -0.131. The Morgan fingerprint density at radius 1 is 0.466 bits per heavy atom. The van der Waals surface area contributed by atoms with Crippen LogP contribution in [0.25, 0.3) is 0 Å². The summed E-state index contributed by atoms with van der Waals surface area (Å²) in [6.45, 7) is 10.3. The first-order valence-corrected chi connectivity index (χ1v) is 36.2. The molecule has 1 aromatic carbocycles. The second-order valence-corrected chi connectivity index (χ2v) is 27.8. The quantitative estimate of drug-likeness (QED) is 0.0474. The zero-order valence-electron chi connectivity index (χ0n) is 45.4. The Morgan fingerprint density at radius 2 is 0.849 bits per heavy atom. The Hall–Kier alpha value is -0.480. The minimum Gasteiger partial charge on any atom is -0.395 e. The van der Waals surface area contributed by atoms with Gasteiger partial charge in [0, 0.05) is 108 Å². The maximum absolute atomic E-state index is 13.2. The van der Waals surface area contributed by atoms with Crippen LogP contribution in [0.3, 0.4) is 0 Å². The Bertz CT molecular complexity index is 1500. The second kappa shape index (κ2) is 52.2. The number of benzene rings is 1. The zero-order chi connectivity index (χ0) is 53.3. The number of nitrogens with zero attached hydrogens (tertiary/aromatic N) is 5. The molecular weight excluding hydrogens is 1070 g/mol. The monoisotopic (exact) mass is 1170 g/mol. The maximum Gasteiger partial charge on any atom is 0.223 e. The van der Waals surface area contributed by atoms with Gasteiger partial charge in [-0.25, -0.2) is 0 Å². The minimum atomic E-state index is 0.00908. The molecule has 0 atom stereocenters. The van der Waals surface area contributed by atoms with E-state index in [9.17, 15) is 24.3 Å². The summed E-state index contributed by atoms with van der Waals surface area (Å²) in [6, 6.07) is 10.3. The van der Waals surface area contributed by atoms with Crippen LogP contribution in [-0.2, 0) is 25.6 Å². The topological polar surface area (TPSA) is 131 Å². The van der Waals surface area contributed by atoms with Crippen molar-refractivity contribution >= 4 is 118 Å².